The lowest BCUT2D eigenvalue weighted by atomic mass is 9.87. The smallest absolute Gasteiger partial charge is 0.251 e. The zero-order valence-electron chi connectivity index (χ0n) is 17.2. The Balaban J connectivity index is 2.01. The molecule has 0 aliphatic rings. The van der Waals surface area contributed by atoms with Gasteiger partial charge in [-0.3, -0.25) is 14.4 Å². The van der Waals surface area contributed by atoms with Crippen LogP contribution in [0.4, 0.5) is 5.69 Å². The van der Waals surface area contributed by atoms with Crippen molar-refractivity contribution in [1.82, 2.24) is 5.32 Å². The van der Waals surface area contributed by atoms with Gasteiger partial charge >= 0.3 is 0 Å². The summed E-state index contributed by atoms with van der Waals surface area (Å²) in [4.78, 5) is 37.5. The number of carbonyl (C=O) groups excluding carboxylic acids is 3. The number of carbonyl (C=O) groups is 3. The molecule has 0 bridgehead atoms. The van der Waals surface area contributed by atoms with Gasteiger partial charge in [0, 0.05) is 36.8 Å². The molecule has 0 atom stereocenters. The summed E-state index contributed by atoms with van der Waals surface area (Å²) in [6.07, 6.45) is 0. The van der Waals surface area contributed by atoms with E-state index >= 15 is 0 Å². The number of Topliss-reactive ketones (excluding diaryl/α,β-unsaturated/α-hetero) is 1. The molecule has 0 fully saturated rings. The quantitative estimate of drug-likeness (QED) is 0.771. The molecule has 0 radical (unpaired) electrons. The van der Waals surface area contributed by atoms with Crippen molar-refractivity contribution in [1.29, 1.82) is 0 Å². The molecule has 0 aromatic heterocycles. The van der Waals surface area contributed by atoms with Gasteiger partial charge in [0.05, 0.1) is 0 Å². The predicted octanol–water partition coefficient (Wildman–Crippen LogP) is 3.97. The summed E-state index contributed by atoms with van der Waals surface area (Å²) in [5.74, 6) is -0.386. The molecule has 2 aromatic carbocycles. The van der Waals surface area contributed by atoms with Crippen molar-refractivity contribution >= 4 is 23.3 Å². The molecular weight excluding hydrogens is 352 g/mol. The molecule has 148 valence electrons. The Bertz CT molecular complexity index is 864. The molecule has 5 nitrogen and oxygen atoms in total. The standard InChI is InChI=1S/C23H28N2O3/c1-16(26)19-7-6-8-21(15-19)25(17(2)27)14-13-24-22(28)18-9-11-20(12-10-18)23(3,4)5/h6-12,15H,13-14H2,1-5H3,(H,24,28). The Labute approximate surface area is 166 Å². The van der Waals surface area contributed by atoms with E-state index in [1.165, 1.54) is 13.8 Å². The van der Waals surface area contributed by atoms with Gasteiger partial charge < -0.3 is 10.2 Å². The van der Waals surface area contributed by atoms with Crippen LogP contribution in [-0.2, 0) is 10.2 Å². The van der Waals surface area contributed by atoms with Gasteiger partial charge in [-0.1, -0.05) is 45.0 Å². The molecule has 2 rings (SSSR count). The Morgan fingerprint density at radius 1 is 0.929 bits per heavy atom. The van der Waals surface area contributed by atoms with Crippen LogP contribution in [0.25, 0.3) is 0 Å². The second-order valence-corrected chi connectivity index (χ2v) is 7.86. The SMILES string of the molecule is CC(=O)c1cccc(N(CCNC(=O)c2ccc(C(C)(C)C)cc2)C(C)=O)c1. The van der Waals surface area contributed by atoms with E-state index in [0.29, 0.717) is 29.9 Å². The highest BCUT2D eigenvalue weighted by Crippen LogP contribution is 2.22. The highest BCUT2D eigenvalue weighted by atomic mass is 16.2. The fraction of sp³-hybridized carbons (Fsp3) is 0.348. The van der Waals surface area contributed by atoms with Gasteiger partial charge in [-0.2, -0.15) is 0 Å². The Morgan fingerprint density at radius 2 is 1.57 bits per heavy atom. The maximum absolute atomic E-state index is 12.4. The Hall–Kier alpha value is -2.95. The van der Waals surface area contributed by atoms with Crippen LogP contribution in [-0.4, -0.2) is 30.7 Å². The fourth-order valence-electron chi connectivity index (χ4n) is 2.87. The summed E-state index contributed by atoms with van der Waals surface area (Å²) in [5, 5.41) is 2.85. The lowest BCUT2D eigenvalue weighted by Gasteiger charge is -2.22. The highest BCUT2D eigenvalue weighted by molar-refractivity contribution is 5.97. The highest BCUT2D eigenvalue weighted by Gasteiger charge is 2.15. The molecule has 2 amide bonds. The first kappa shape index (κ1) is 21.4. The maximum Gasteiger partial charge on any atom is 0.251 e. The first-order valence-electron chi connectivity index (χ1n) is 9.37. The average Bonchev–Trinajstić information content (AvgIpc) is 2.64. The molecule has 0 heterocycles. The van der Waals surface area contributed by atoms with Gasteiger partial charge in [0.25, 0.3) is 5.91 Å². The van der Waals surface area contributed by atoms with E-state index in [1.54, 1.807) is 29.2 Å². The molecule has 5 heteroatoms. The van der Waals surface area contributed by atoms with Crippen molar-refractivity contribution in [2.75, 3.05) is 18.0 Å². The molecule has 0 saturated carbocycles. The van der Waals surface area contributed by atoms with E-state index < -0.39 is 0 Å². The lowest BCUT2D eigenvalue weighted by Crippen LogP contribution is -2.37. The molecule has 0 spiro atoms. The van der Waals surface area contributed by atoms with E-state index in [9.17, 15) is 14.4 Å². The normalized spacial score (nSPS) is 11.0. The van der Waals surface area contributed by atoms with E-state index in [0.717, 1.165) is 5.56 Å². The second-order valence-electron chi connectivity index (χ2n) is 7.86. The number of anilines is 1. The van der Waals surface area contributed by atoms with Gasteiger partial charge in [-0.05, 0) is 42.2 Å². The summed E-state index contributed by atoms with van der Waals surface area (Å²) in [6.45, 7) is 9.96. The summed E-state index contributed by atoms with van der Waals surface area (Å²) < 4.78 is 0. The maximum atomic E-state index is 12.4. The average molecular weight is 380 g/mol. The van der Waals surface area contributed by atoms with Crippen LogP contribution in [0.3, 0.4) is 0 Å². The van der Waals surface area contributed by atoms with Crippen molar-refractivity contribution in [2.45, 2.75) is 40.0 Å². The molecule has 0 aliphatic carbocycles. The third-order valence-corrected chi connectivity index (χ3v) is 4.58. The molecule has 0 aliphatic heterocycles. The Morgan fingerprint density at radius 3 is 2.11 bits per heavy atom. The second kappa shape index (κ2) is 8.83. The van der Waals surface area contributed by atoms with Crippen molar-refractivity contribution in [2.24, 2.45) is 0 Å². The van der Waals surface area contributed by atoms with Crippen molar-refractivity contribution in [3.05, 3.63) is 65.2 Å². The number of nitrogens with one attached hydrogen (secondary N) is 1. The van der Waals surface area contributed by atoms with E-state index in [-0.39, 0.29) is 23.0 Å². The molecule has 0 saturated heterocycles. The fourth-order valence-corrected chi connectivity index (χ4v) is 2.87. The van der Waals surface area contributed by atoms with E-state index in [2.05, 4.69) is 26.1 Å². The minimum Gasteiger partial charge on any atom is -0.350 e. The summed E-state index contributed by atoms with van der Waals surface area (Å²) >= 11 is 0. The van der Waals surface area contributed by atoms with Gasteiger partial charge in [0.1, 0.15) is 0 Å². The van der Waals surface area contributed by atoms with Gasteiger partial charge in [0.15, 0.2) is 5.78 Å². The molecular formula is C23H28N2O3. The van der Waals surface area contributed by atoms with E-state index in [4.69, 9.17) is 0 Å². The molecule has 0 unspecified atom stereocenters. The zero-order chi connectivity index (χ0) is 20.9. The van der Waals surface area contributed by atoms with Crippen molar-refractivity contribution < 1.29 is 14.4 Å². The number of benzene rings is 2. The van der Waals surface area contributed by atoms with Crippen LogP contribution in [0.1, 0.15) is 60.9 Å². The first-order valence-corrected chi connectivity index (χ1v) is 9.37. The van der Waals surface area contributed by atoms with Crippen LogP contribution in [0.5, 0.6) is 0 Å². The zero-order valence-corrected chi connectivity index (χ0v) is 17.2. The molecule has 28 heavy (non-hydrogen) atoms. The third-order valence-electron chi connectivity index (χ3n) is 4.58. The van der Waals surface area contributed by atoms with Gasteiger partial charge in [-0.15, -0.1) is 0 Å². The van der Waals surface area contributed by atoms with Crippen LogP contribution < -0.4 is 10.2 Å². The van der Waals surface area contributed by atoms with Crippen LogP contribution in [0.15, 0.2) is 48.5 Å². The van der Waals surface area contributed by atoms with Crippen LogP contribution >= 0.6 is 0 Å². The van der Waals surface area contributed by atoms with Crippen molar-refractivity contribution in [3.63, 3.8) is 0 Å². The number of rotatable bonds is 6. The Kier molecular flexibility index (Phi) is 6.73. The summed E-state index contributed by atoms with van der Waals surface area (Å²) in [6, 6.07) is 14.5. The topological polar surface area (TPSA) is 66.5 Å². The number of hydrogen-bond acceptors (Lipinski definition) is 3. The molecule has 1 N–H and O–H groups in total. The van der Waals surface area contributed by atoms with Crippen LogP contribution in [0, 0.1) is 0 Å². The minimum absolute atomic E-state index is 0.0331. The monoisotopic (exact) mass is 380 g/mol. The third kappa shape index (κ3) is 5.52. The minimum atomic E-state index is -0.179. The number of amides is 2. The first-order chi connectivity index (χ1) is 13.1. The number of hydrogen-bond donors (Lipinski definition) is 1. The van der Waals surface area contributed by atoms with Crippen LogP contribution in [0.2, 0.25) is 0 Å². The van der Waals surface area contributed by atoms with E-state index in [1.807, 2.05) is 24.3 Å². The van der Waals surface area contributed by atoms with Crippen molar-refractivity contribution in [3.8, 4) is 0 Å². The predicted molar refractivity (Wildman–Crippen MR) is 112 cm³/mol. The molecule has 2 aromatic rings. The van der Waals surface area contributed by atoms with Gasteiger partial charge in [0.2, 0.25) is 5.91 Å². The summed E-state index contributed by atoms with van der Waals surface area (Å²) in [5.41, 5.74) is 2.97. The lowest BCUT2D eigenvalue weighted by molar-refractivity contribution is -0.116. The van der Waals surface area contributed by atoms with Gasteiger partial charge in [-0.25, -0.2) is 0 Å². The number of ketones is 1. The largest absolute Gasteiger partial charge is 0.350 e. The number of nitrogens with zero attached hydrogens (tertiary/aromatic N) is 1. The summed E-state index contributed by atoms with van der Waals surface area (Å²) in [7, 11) is 0.